The summed E-state index contributed by atoms with van der Waals surface area (Å²) in [6, 6.07) is 19.1. The lowest BCUT2D eigenvalue weighted by molar-refractivity contribution is 0.102. The van der Waals surface area contributed by atoms with Crippen molar-refractivity contribution in [2.24, 2.45) is 0 Å². The molecule has 0 spiro atoms. The highest BCUT2D eigenvalue weighted by Crippen LogP contribution is 2.29. The Hall–Kier alpha value is -3.35. The molecule has 4 rings (SSSR count). The number of rotatable bonds is 8. The molecule has 0 atom stereocenters. The highest BCUT2D eigenvalue weighted by atomic mass is 35.5. The molecule has 2 N–H and O–H groups in total. The van der Waals surface area contributed by atoms with Crippen LogP contribution in [0, 0.1) is 0 Å². The number of carbonyl (C=O) groups excluding carboxylic acids is 2. The molecule has 0 aromatic heterocycles. The van der Waals surface area contributed by atoms with Crippen LogP contribution in [-0.2, 0) is 0 Å². The van der Waals surface area contributed by atoms with Crippen LogP contribution in [0.1, 0.15) is 27.1 Å². The van der Waals surface area contributed by atoms with Gasteiger partial charge in [-0.25, -0.2) is 0 Å². The van der Waals surface area contributed by atoms with E-state index in [0.717, 1.165) is 30.8 Å². The first-order chi connectivity index (χ1) is 15.5. The van der Waals surface area contributed by atoms with Crippen molar-refractivity contribution in [1.29, 1.82) is 0 Å². The van der Waals surface area contributed by atoms with Crippen LogP contribution < -0.4 is 10.1 Å². The first-order valence-corrected chi connectivity index (χ1v) is 10.8. The normalized spacial score (nSPS) is 13.3. The number of ether oxygens (including phenoxy) is 1. The Morgan fingerprint density at radius 3 is 2.44 bits per heavy atom. The van der Waals surface area contributed by atoms with E-state index in [2.05, 4.69) is 10.2 Å². The van der Waals surface area contributed by atoms with Crippen LogP contribution in [0.5, 0.6) is 11.5 Å². The summed E-state index contributed by atoms with van der Waals surface area (Å²) in [6.45, 7) is 3.47. The van der Waals surface area contributed by atoms with E-state index in [1.807, 2.05) is 30.3 Å². The van der Waals surface area contributed by atoms with E-state index in [-0.39, 0.29) is 22.6 Å². The van der Waals surface area contributed by atoms with E-state index in [1.165, 1.54) is 18.6 Å². The molecule has 0 bridgehead atoms. The number of hydrogen-bond donors (Lipinski definition) is 2. The number of phenols is 1. The summed E-state index contributed by atoms with van der Waals surface area (Å²) in [5, 5.41) is 12.3. The summed E-state index contributed by atoms with van der Waals surface area (Å²) in [5.41, 5.74) is 2.22. The molecule has 0 unspecified atom stereocenters. The minimum atomic E-state index is -0.688. The van der Waals surface area contributed by atoms with E-state index in [1.54, 1.807) is 24.3 Å². The lowest BCUT2D eigenvalue weighted by Crippen LogP contribution is -2.39. The lowest BCUT2D eigenvalue weighted by atomic mass is 10.0. The number of anilines is 1. The molecule has 1 aliphatic heterocycles. The third-order valence-electron chi connectivity index (χ3n) is 5.42. The largest absolute Gasteiger partial charge is 0.507 e. The van der Waals surface area contributed by atoms with Gasteiger partial charge in [0.05, 0.1) is 16.8 Å². The maximum atomic E-state index is 13.0. The Morgan fingerprint density at radius 2 is 1.75 bits per heavy atom. The molecule has 0 aliphatic carbocycles. The zero-order chi connectivity index (χ0) is 22.5. The Morgan fingerprint density at radius 1 is 0.969 bits per heavy atom. The van der Waals surface area contributed by atoms with Crippen molar-refractivity contribution in [3.05, 3.63) is 77.9 Å². The predicted octanol–water partition coefficient (Wildman–Crippen LogP) is 4.78. The summed E-state index contributed by atoms with van der Waals surface area (Å²) < 4.78 is 5.74. The number of phenolic OH excluding ortho intramolecular Hbond substituents is 1. The van der Waals surface area contributed by atoms with Crippen LogP contribution in [0.3, 0.4) is 0 Å². The van der Waals surface area contributed by atoms with Gasteiger partial charge in [0, 0.05) is 6.54 Å². The number of hydrogen-bond acceptors (Lipinski definition) is 5. The van der Waals surface area contributed by atoms with E-state index in [4.69, 9.17) is 16.3 Å². The monoisotopic (exact) mass is 450 g/mol. The van der Waals surface area contributed by atoms with Gasteiger partial charge < -0.3 is 15.2 Å². The second kappa shape index (κ2) is 9.85. The molecular weight excluding hydrogens is 428 g/mol. The van der Waals surface area contributed by atoms with Crippen molar-refractivity contribution in [3.8, 4) is 22.6 Å². The molecule has 3 aromatic carbocycles. The zero-order valence-corrected chi connectivity index (χ0v) is 18.1. The molecule has 1 saturated heterocycles. The first-order valence-electron chi connectivity index (χ1n) is 10.4. The number of nitrogens with zero attached hydrogens (tertiary/aromatic N) is 1. The molecule has 3 aromatic rings. The van der Waals surface area contributed by atoms with Gasteiger partial charge in [-0.1, -0.05) is 36.4 Å². The van der Waals surface area contributed by atoms with Gasteiger partial charge in [0.25, 0.3) is 11.1 Å². The number of carbonyl (C=O) groups is 2. The van der Waals surface area contributed by atoms with Gasteiger partial charge in [-0.3, -0.25) is 14.5 Å². The molecule has 6 nitrogen and oxygen atoms in total. The second-order valence-corrected chi connectivity index (χ2v) is 7.92. The van der Waals surface area contributed by atoms with E-state index in [0.29, 0.717) is 12.4 Å². The van der Waals surface area contributed by atoms with Crippen LogP contribution >= 0.6 is 11.6 Å². The molecular formula is C25H23ClN2O4. The number of aromatic hydroxyl groups is 1. The summed E-state index contributed by atoms with van der Waals surface area (Å²) >= 11 is 5.73. The Kier molecular flexibility index (Phi) is 6.73. The quantitative estimate of drug-likeness (QED) is 0.483. The number of likely N-dealkylation sites (tertiary alicyclic amines) is 1. The zero-order valence-electron chi connectivity index (χ0n) is 17.4. The Balaban J connectivity index is 1.54. The molecule has 0 saturated carbocycles. The first kappa shape index (κ1) is 21.9. The predicted molar refractivity (Wildman–Crippen MR) is 125 cm³/mol. The molecule has 7 heteroatoms. The van der Waals surface area contributed by atoms with Crippen molar-refractivity contribution in [3.63, 3.8) is 0 Å². The number of benzene rings is 3. The van der Waals surface area contributed by atoms with Gasteiger partial charge in [-0.15, -0.1) is 0 Å². The highest BCUT2D eigenvalue weighted by molar-refractivity contribution is 6.68. The lowest BCUT2D eigenvalue weighted by Gasteiger charge is -2.30. The van der Waals surface area contributed by atoms with Gasteiger partial charge >= 0.3 is 0 Å². The smallest absolute Gasteiger partial charge is 0.259 e. The SMILES string of the molecule is O=C(Nc1cc(-c2ccccc2)ccc1C(=O)Cl)c1cc(OCCN2CCC2)ccc1O. The van der Waals surface area contributed by atoms with Crippen molar-refractivity contribution in [2.75, 3.05) is 31.6 Å². The van der Waals surface area contributed by atoms with Crippen LogP contribution in [-0.4, -0.2) is 47.4 Å². The third kappa shape index (κ3) is 5.10. The second-order valence-electron chi connectivity index (χ2n) is 7.58. The fourth-order valence-corrected chi connectivity index (χ4v) is 3.67. The highest BCUT2D eigenvalue weighted by Gasteiger charge is 2.18. The van der Waals surface area contributed by atoms with E-state index in [9.17, 15) is 14.7 Å². The summed E-state index contributed by atoms with van der Waals surface area (Å²) in [7, 11) is 0. The standard InChI is InChI=1S/C25H23ClN2O4/c26-24(30)20-9-7-18(17-5-2-1-3-6-17)15-22(20)27-25(31)21-16-19(8-10-23(21)29)32-14-13-28-11-4-12-28/h1-3,5-10,15-16,29H,4,11-14H2,(H,27,31). The topological polar surface area (TPSA) is 78.9 Å². The Labute approximate surface area is 191 Å². The minimum absolute atomic E-state index is 0.0459. The third-order valence-corrected chi connectivity index (χ3v) is 5.63. The van der Waals surface area contributed by atoms with Crippen LogP contribution in [0.4, 0.5) is 5.69 Å². The summed E-state index contributed by atoms with van der Waals surface area (Å²) in [5.74, 6) is -0.268. The van der Waals surface area contributed by atoms with Crippen molar-refractivity contribution in [2.45, 2.75) is 6.42 Å². The van der Waals surface area contributed by atoms with Crippen molar-refractivity contribution in [1.82, 2.24) is 4.90 Å². The van der Waals surface area contributed by atoms with E-state index >= 15 is 0 Å². The van der Waals surface area contributed by atoms with Crippen LogP contribution in [0.25, 0.3) is 11.1 Å². The summed E-state index contributed by atoms with van der Waals surface area (Å²) in [6.07, 6.45) is 1.21. The minimum Gasteiger partial charge on any atom is -0.507 e. The van der Waals surface area contributed by atoms with Crippen molar-refractivity contribution >= 4 is 28.4 Å². The number of halogens is 1. The average Bonchev–Trinajstić information content (AvgIpc) is 2.76. The fraction of sp³-hybridized carbons (Fsp3) is 0.200. The molecule has 1 fully saturated rings. The summed E-state index contributed by atoms with van der Waals surface area (Å²) in [4.78, 5) is 27.1. The van der Waals surface area contributed by atoms with E-state index < -0.39 is 11.1 Å². The van der Waals surface area contributed by atoms with Crippen molar-refractivity contribution < 1.29 is 19.4 Å². The fourth-order valence-electron chi connectivity index (χ4n) is 3.50. The maximum Gasteiger partial charge on any atom is 0.259 e. The molecule has 1 aliphatic rings. The molecule has 0 radical (unpaired) electrons. The molecule has 1 heterocycles. The van der Waals surface area contributed by atoms with Gasteiger partial charge in [0.2, 0.25) is 0 Å². The molecule has 164 valence electrons. The van der Waals surface area contributed by atoms with Gasteiger partial charge in [-0.2, -0.15) is 0 Å². The van der Waals surface area contributed by atoms with Gasteiger partial charge in [0.1, 0.15) is 18.1 Å². The maximum absolute atomic E-state index is 13.0. The van der Waals surface area contributed by atoms with Gasteiger partial charge in [-0.05, 0) is 72.6 Å². The molecule has 1 amide bonds. The van der Waals surface area contributed by atoms with Crippen LogP contribution in [0.2, 0.25) is 0 Å². The number of nitrogens with one attached hydrogen (secondary N) is 1. The Bertz CT molecular complexity index is 1130. The molecule has 32 heavy (non-hydrogen) atoms. The van der Waals surface area contributed by atoms with Gasteiger partial charge in [0.15, 0.2) is 0 Å². The average molecular weight is 451 g/mol. The number of amides is 1. The van der Waals surface area contributed by atoms with Crippen LogP contribution in [0.15, 0.2) is 66.7 Å².